The van der Waals surface area contributed by atoms with E-state index in [2.05, 4.69) is 20.1 Å². The lowest BCUT2D eigenvalue weighted by molar-refractivity contribution is -0.144. The van der Waals surface area contributed by atoms with Gasteiger partial charge in [0, 0.05) is 12.1 Å². The van der Waals surface area contributed by atoms with Gasteiger partial charge in [-0.05, 0) is 24.6 Å². The minimum absolute atomic E-state index is 0.0302. The van der Waals surface area contributed by atoms with E-state index in [1.54, 1.807) is 18.9 Å². The first-order chi connectivity index (χ1) is 11.5. The maximum Gasteiger partial charge on any atom is 0.451 e. The number of aromatic nitrogens is 3. The van der Waals surface area contributed by atoms with E-state index in [9.17, 15) is 26.4 Å². The minimum atomic E-state index is -4.73. The van der Waals surface area contributed by atoms with Crippen LogP contribution < -0.4 is 10.0 Å². The Morgan fingerprint density at radius 2 is 2.00 bits per heavy atom. The van der Waals surface area contributed by atoms with E-state index in [0.717, 1.165) is 6.07 Å². The third kappa shape index (κ3) is 4.33. The second-order valence-electron chi connectivity index (χ2n) is 4.94. The van der Waals surface area contributed by atoms with Gasteiger partial charge in [0.1, 0.15) is 0 Å². The van der Waals surface area contributed by atoms with E-state index >= 15 is 0 Å². The van der Waals surface area contributed by atoms with Gasteiger partial charge in [0.2, 0.25) is 21.8 Å². The highest BCUT2D eigenvalue weighted by atomic mass is 32.2. The van der Waals surface area contributed by atoms with Crippen LogP contribution in [0.25, 0.3) is 0 Å². The number of amides is 1. The fourth-order valence-corrected chi connectivity index (χ4v) is 2.97. The molecular formula is C13H14F3N5O3S. The van der Waals surface area contributed by atoms with E-state index in [1.165, 1.54) is 12.1 Å². The van der Waals surface area contributed by atoms with Gasteiger partial charge in [-0.1, -0.05) is 13.0 Å². The van der Waals surface area contributed by atoms with Crippen molar-refractivity contribution in [3.05, 3.63) is 35.2 Å². The van der Waals surface area contributed by atoms with Crippen LogP contribution >= 0.6 is 0 Å². The monoisotopic (exact) mass is 377 g/mol. The van der Waals surface area contributed by atoms with Gasteiger partial charge in [0.05, 0.1) is 4.90 Å². The lowest BCUT2D eigenvalue weighted by Crippen LogP contribution is -2.24. The number of carbonyl (C=O) groups excluding carboxylic acids is 1. The number of halogens is 3. The molecule has 0 atom stereocenters. The number of aryl methyl sites for hydroxylation is 1. The smallest absolute Gasteiger partial charge is 0.289 e. The average Bonchev–Trinajstić information content (AvgIpc) is 2.96. The van der Waals surface area contributed by atoms with Crippen LogP contribution in [0, 0.1) is 6.92 Å². The van der Waals surface area contributed by atoms with Crippen molar-refractivity contribution in [3.63, 3.8) is 0 Å². The van der Waals surface area contributed by atoms with Crippen molar-refractivity contribution >= 4 is 21.9 Å². The lowest BCUT2D eigenvalue weighted by atomic mass is 10.1. The van der Waals surface area contributed by atoms with Crippen molar-refractivity contribution in [2.45, 2.75) is 24.9 Å². The number of hydrogen-bond donors (Lipinski definition) is 3. The van der Waals surface area contributed by atoms with Gasteiger partial charge >= 0.3 is 6.18 Å². The summed E-state index contributed by atoms with van der Waals surface area (Å²) < 4.78 is 63.7. The van der Waals surface area contributed by atoms with E-state index in [0.29, 0.717) is 5.56 Å². The Hall–Kier alpha value is -2.47. The molecule has 0 bridgehead atoms. The molecule has 1 amide bonds. The number of sulfonamides is 1. The van der Waals surface area contributed by atoms with Crippen molar-refractivity contribution in [2.24, 2.45) is 0 Å². The molecule has 0 aliphatic rings. The molecule has 0 aliphatic heterocycles. The topological polar surface area (TPSA) is 117 Å². The molecule has 12 heteroatoms. The molecule has 0 saturated heterocycles. The van der Waals surface area contributed by atoms with Crippen molar-refractivity contribution < 1.29 is 26.4 Å². The Morgan fingerprint density at radius 1 is 1.32 bits per heavy atom. The predicted octanol–water partition coefficient (Wildman–Crippen LogP) is 1.68. The summed E-state index contributed by atoms with van der Waals surface area (Å²) >= 11 is 0. The fourth-order valence-electron chi connectivity index (χ4n) is 1.90. The van der Waals surface area contributed by atoms with Crippen molar-refractivity contribution in [3.8, 4) is 0 Å². The Labute approximate surface area is 140 Å². The zero-order chi connectivity index (χ0) is 18.8. The molecule has 2 rings (SSSR count). The number of rotatable bonds is 5. The van der Waals surface area contributed by atoms with Crippen LogP contribution in [-0.2, 0) is 16.2 Å². The van der Waals surface area contributed by atoms with Crippen molar-refractivity contribution in [2.75, 3.05) is 11.9 Å². The summed E-state index contributed by atoms with van der Waals surface area (Å²) in [4.78, 5) is 15.2. The third-order valence-corrected chi connectivity index (χ3v) is 4.62. The molecule has 1 heterocycles. The molecule has 0 fully saturated rings. The third-order valence-electron chi connectivity index (χ3n) is 3.08. The summed E-state index contributed by atoms with van der Waals surface area (Å²) in [6.45, 7) is 3.31. The highest BCUT2D eigenvalue weighted by molar-refractivity contribution is 7.89. The first-order valence-electron chi connectivity index (χ1n) is 6.96. The molecule has 25 heavy (non-hydrogen) atoms. The van der Waals surface area contributed by atoms with E-state index in [-0.39, 0.29) is 17.0 Å². The van der Waals surface area contributed by atoms with Gasteiger partial charge in [-0.15, -0.1) is 5.10 Å². The molecule has 0 radical (unpaired) electrons. The van der Waals surface area contributed by atoms with Crippen molar-refractivity contribution in [1.29, 1.82) is 0 Å². The van der Waals surface area contributed by atoms with Gasteiger partial charge in [-0.2, -0.15) is 18.2 Å². The number of H-pyrrole nitrogens is 1. The van der Waals surface area contributed by atoms with Gasteiger partial charge in [-0.25, -0.2) is 13.1 Å². The largest absolute Gasteiger partial charge is 0.451 e. The second-order valence-corrected chi connectivity index (χ2v) is 6.70. The standard InChI is InChI=1S/C13H14F3N5O3S/c1-3-17-25(23,24)8-5-4-7(2)9(6-8)10(22)18-12-19-11(20-21-12)13(14,15)16/h4-6,17H,3H2,1-2H3,(H2,18,19,20,21,22). The molecule has 136 valence electrons. The quantitative estimate of drug-likeness (QED) is 0.733. The number of alkyl halides is 3. The van der Waals surface area contributed by atoms with Crippen LogP contribution in [0.4, 0.5) is 19.1 Å². The Bertz CT molecular complexity index is 893. The summed E-state index contributed by atoms with van der Waals surface area (Å²) in [5.41, 5.74) is 0.400. The number of aromatic amines is 1. The predicted molar refractivity (Wildman–Crippen MR) is 81.4 cm³/mol. The zero-order valence-corrected chi connectivity index (χ0v) is 13.9. The molecule has 2 aromatic rings. The van der Waals surface area contributed by atoms with Crippen LogP contribution in [0.2, 0.25) is 0 Å². The molecule has 8 nitrogen and oxygen atoms in total. The first kappa shape index (κ1) is 18.9. The van der Waals surface area contributed by atoms with Crippen LogP contribution in [0.15, 0.2) is 23.1 Å². The second kappa shape index (κ2) is 6.80. The molecule has 0 saturated carbocycles. The number of anilines is 1. The van der Waals surface area contributed by atoms with Crippen molar-refractivity contribution in [1.82, 2.24) is 19.9 Å². The number of carbonyl (C=O) groups is 1. The minimum Gasteiger partial charge on any atom is -0.289 e. The highest BCUT2D eigenvalue weighted by Gasteiger charge is 2.35. The average molecular weight is 377 g/mol. The Morgan fingerprint density at radius 3 is 2.56 bits per heavy atom. The SMILES string of the molecule is CCNS(=O)(=O)c1ccc(C)c(C(=O)Nc2n[nH]c(C(F)(F)F)n2)c1. The lowest BCUT2D eigenvalue weighted by Gasteiger charge is -2.09. The number of nitrogens with zero attached hydrogens (tertiary/aromatic N) is 2. The number of benzene rings is 1. The first-order valence-corrected chi connectivity index (χ1v) is 8.44. The van der Waals surface area contributed by atoms with Gasteiger partial charge in [0.15, 0.2) is 0 Å². The van der Waals surface area contributed by atoms with E-state index in [4.69, 9.17) is 0 Å². The van der Waals surface area contributed by atoms with Gasteiger partial charge in [-0.3, -0.25) is 15.2 Å². The maximum absolute atomic E-state index is 12.5. The summed E-state index contributed by atoms with van der Waals surface area (Å²) in [5.74, 6) is -2.77. The van der Waals surface area contributed by atoms with Crippen LogP contribution in [-0.4, -0.2) is 36.1 Å². The maximum atomic E-state index is 12.5. The molecule has 1 aromatic carbocycles. The summed E-state index contributed by atoms with van der Waals surface area (Å²) in [6.07, 6.45) is -4.73. The number of nitrogens with one attached hydrogen (secondary N) is 3. The fraction of sp³-hybridized carbons (Fsp3) is 0.308. The highest BCUT2D eigenvalue weighted by Crippen LogP contribution is 2.26. The number of hydrogen-bond acceptors (Lipinski definition) is 5. The van der Waals surface area contributed by atoms with Crippen LogP contribution in [0.1, 0.15) is 28.7 Å². The Balaban J connectivity index is 2.29. The molecular weight excluding hydrogens is 363 g/mol. The molecule has 0 aliphatic carbocycles. The summed E-state index contributed by atoms with van der Waals surface area (Å²) in [5, 5.41) is 7.02. The molecule has 1 aromatic heterocycles. The van der Waals surface area contributed by atoms with Gasteiger partial charge < -0.3 is 0 Å². The molecule has 0 unspecified atom stereocenters. The molecule has 3 N–H and O–H groups in total. The summed E-state index contributed by atoms with van der Waals surface area (Å²) in [6, 6.07) is 3.86. The van der Waals surface area contributed by atoms with Crippen LogP contribution in [0.3, 0.4) is 0 Å². The van der Waals surface area contributed by atoms with Gasteiger partial charge in [0.25, 0.3) is 5.91 Å². The summed E-state index contributed by atoms with van der Waals surface area (Å²) in [7, 11) is -3.79. The van der Waals surface area contributed by atoms with E-state index in [1.807, 2.05) is 0 Å². The normalized spacial score (nSPS) is 12.2. The zero-order valence-electron chi connectivity index (χ0n) is 13.1. The molecule has 0 spiro atoms. The van der Waals surface area contributed by atoms with E-state index < -0.39 is 33.9 Å². The van der Waals surface area contributed by atoms with Crippen LogP contribution in [0.5, 0.6) is 0 Å². The Kier molecular flexibility index (Phi) is 5.13.